The Morgan fingerprint density at radius 3 is 1.64 bits per heavy atom. The van der Waals surface area contributed by atoms with Crippen LogP contribution in [0.3, 0.4) is 0 Å². The fraction of sp³-hybridized carbons (Fsp3) is 0.250. The summed E-state index contributed by atoms with van der Waals surface area (Å²) in [5.74, 6) is 0.436. The van der Waals surface area contributed by atoms with Crippen molar-refractivity contribution in [3.8, 4) is 17.2 Å². The van der Waals surface area contributed by atoms with E-state index in [4.69, 9.17) is 23.5 Å². The van der Waals surface area contributed by atoms with Gasteiger partial charge in [0.05, 0.1) is 7.11 Å². The molecular weight excluding hydrogens is 303 g/mol. The second-order valence-corrected chi connectivity index (χ2v) is 1.89. The van der Waals surface area contributed by atoms with Crippen molar-refractivity contribution in [1.29, 1.82) is 0 Å². The van der Waals surface area contributed by atoms with Gasteiger partial charge in [0, 0.05) is 25.3 Å². The van der Waals surface area contributed by atoms with Crippen LogP contribution in [0.2, 0.25) is 0 Å². The third-order valence-electron chi connectivity index (χ3n) is 1.11. The molecular formula is C8H13IO5. The van der Waals surface area contributed by atoms with Gasteiger partial charge in [-0.25, -0.2) is 0 Å². The standard InChI is InChI=1S/C7H8O3.CH4O.HIO/c1-10-7-3-5(8)2-6(9)4-7;2*1-2/h2-4,8-9H,1H3;2H,1H3;2H. The normalized spacial score (nSPS) is 7.50. The molecule has 14 heavy (non-hydrogen) atoms. The number of hydrogen-bond acceptors (Lipinski definition) is 5. The van der Waals surface area contributed by atoms with E-state index in [1.807, 2.05) is 0 Å². The highest BCUT2D eigenvalue weighted by Crippen LogP contribution is 2.24. The molecule has 0 fully saturated rings. The van der Waals surface area contributed by atoms with Crippen molar-refractivity contribution >= 4 is 23.0 Å². The van der Waals surface area contributed by atoms with E-state index in [-0.39, 0.29) is 11.5 Å². The van der Waals surface area contributed by atoms with Crippen LogP contribution in [-0.4, -0.2) is 33.0 Å². The number of benzene rings is 1. The minimum atomic E-state index is -0.00292. The zero-order valence-electron chi connectivity index (χ0n) is 7.81. The van der Waals surface area contributed by atoms with Gasteiger partial charge >= 0.3 is 0 Å². The maximum atomic E-state index is 8.88. The lowest BCUT2D eigenvalue weighted by Gasteiger charge is -1.99. The summed E-state index contributed by atoms with van der Waals surface area (Å²) in [6.45, 7) is 0. The Morgan fingerprint density at radius 2 is 1.36 bits per heavy atom. The van der Waals surface area contributed by atoms with Crippen LogP contribution in [0.1, 0.15) is 0 Å². The Kier molecular flexibility index (Phi) is 11.6. The van der Waals surface area contributed by atoms with E-state index in [2.05, 4.69) is 0 Å². The fourth-order valence-electron chi connectivity index (χ4n) is 0.686. The highest BCUT2D eigenvalue weighted by atomic mass is 127. The van der Waals surface area contributed by atoms with E-state index in [1.54, 1.807) is 0 Å². The van der Waals surface area contributed by atoms with Gasteiger partial charge in [-0.15, -0.1) is 0 Å². The number of rotatable bonds is 1. The number of phenolic OH excluding ortho intramolecular Hbond substituents is 2. The van der Waals surface area contributed by atoms with Crippen LogP contribution >= 0.6 is 23.0 Å². The van der Waals surface area contributed by atoms with Crippen molar-refractivity contribution in [1.82, 2.24) is 0 Å². The van der Waals surface area contributed by atoms with Gasteiger partial charge in [0.1, 0.15) is 40.3 Å². The number of ether oxygens (including phenoxy) is 1. The predicted molar refractivity (Wildman–Crippen MR) is 60.7 cm³/mol. The first-order chi connectivity index (χ1) is 6.72. The van der Waals surface area contributed by atoms with Crippen LogP contribution < -0.4 is 4.74 Å². The Morgan fingerprint density at radius 1 is 1.00 bits per heavy atom. The predicted octanol–water partition coefficient (Wildman–Crippen LogP) is 1.04. The molecule has 82 valence electrons. The van der Waals surface area contributed by atoms with Gasteiger partial charge in [-0.3, -0.25) is 0 Å². The molecule has 0 aliphatic carbocycles. The van der Waals surface area contributed by atoms with Gasteiger partial charge in [0.15, 0.2) is 0 Å². The fourth-order valence-corrected chi connectivity index (χ4v) is 0.686. The van der Waals surface area contributed by atoms with Gasteiger partial charge in [-0.05, 0) is 0 Å². The summed E-state index contributed by atoms with van der Waals surface area (Å²) in [6.07, 6.45) is 0. The molecule has 5 nitrogen and oxygen atoms in total. The number of phenols is 2. The lowest BCUT2D eigenvalue weighted by Crippen LogP contribution is -1.80. The molecule has 0 bridgehead atoms. The third-order valence-corrected chi connectivity index (χ3v) is 1.11. The quantitative estimate of drug-likeness (QED) is 0.581. The molecule has 1 aromatic rings. The SMILES string of the molecule is CO.COc1cc(O)cc(O)c1.OI. The minimum absolute atomic E-state index is 0.00292. The topological polar surface area (TPSA) is 90.2 Å². The maximum absolute atomic E-state index is 8.88. The zero-order valence-corrected chi connectivity index (χ0v) is 9.96. The molecule has 1 rings (SSSR count). The molecule has 4 N–H and O–H groups in total. The van der Waals surface area contributed by atoms with Gasteiger partial charge < -0.3 is 23.5 Å². The molecule has 0 saturated heterocycles. The van der Waals surface area contributed by atoms with Gasteiger partial charge in [0.25, 0.3) is 0 Å². The largest absolute Gasteiger partial charge is 0.508 e. The van der Waals surface area contributed by atoms with Crippen molar-refractivity contribution in [3.05, 3.63) is 18.2 Å². The van der Waals surface area contributed by atoms with Crippen molar-refractivity contribution in [2.45, 2.75) is 0 Å². The maximum Gasteiger partial charge on any atom is 0.126 e. The number of aliphatic hydroxyl groups excluding tert-OH is 1. The second-order valence-electron chi connectivity index (χ2n) is 1.89. The highest BCUT2D eigenvalue weighted by molar-refractivity contribution is 14.1. The van der Waals surface area contributed by atoms with Crippen molar-refractivity contribution < 1.29 is 23.5 Å². The summed E-state index contributed by atoms with van der Waals surface area (Å²) < 4.78 is 11.7. The first-order valence-electron chi connectivity index (χ1n) is 3.41. The van der Waals surface area contributed by atoms with Crippen LogP contribution in [0.15, 0.2) is 18.2 Å². The molecule has 0 amide bonds. The average Bonchev–Trinajstić information content (AvgIpc) is 2.22. The number of halogens is 1. The van der Waals surface area contributed by atoms with Gasteiger partial charge in [-0.1, -0.05) is 0 Å². The van der Waals surface area contributed by atoms with E-state index in [9.17, 15) is 0 Å². The van der Waals surface area contributed by atoms with E-state index < -0.39 is 0 Å². The molecule has 0 heterocycles. The molecule has 0 aromatic heterocycles. The van der Waals surface area contributed by atoms with E-state index in [0.29, 0.717) is 5.75 Å². The monoisotopic (exact) mass is 316 g/mol. The van der Waals surface area contributed by atoms with Crippen LogP contribution in [0.5, 0.6) is 17.2 Å². The molecule has 6 heteroatoms. The molecule has 0 unspecified atom stereocenters. The Hall–Kier alpha value is -0.730. The van der Waals surface area contributed by atoms with Crippen LogP contribution in [-0.2, 0) is 0 Å². The van der Waals surface area contributed by atoms with Crippen LogP contribution in [0.4, 0.5) is 0 Å². The van der Waals surface area contributed by atoms with Crippen molar-refractivity contribution in [2.75, 3.05) is 14.2 Å². The summed E-state index contributed by atoms with van der Waals surface area (Å²) in [4.78, 5) is 0. The van der Waals surface area contributed by atoms with Gasteiger partial charge in [-0.2, -0.15) is 0 Å². The molecule has 0 radical (unpaired) electrons. The van der Waals surface area contributed by atoms with E-state index >= 15 is 0 Å². The van der Waals surface area contributed by atoms with E-state index in [0.717, 1.165) is 30.1 Å². The zero-order chi connectivity index (χ0) is 11.6. The second kappa shape index (κ2) is 10.4. The lowest BCUT2D eigenvalue weighted by atomic mass is 10.3. The molecule has 0 atom stereocenters. The van der Waals surface area contributed by atoms with Gasteiger partial charge in [0.2, 0.25) is 0 Å². The smallest absolute Gasteiger partial charge is 0.126 e. The highest BCUT2D eigenvalue weighted by Gasteiger charge is 1.96. The Labute approximate surface area is 96.3 Å². The van der Waals surface area contributed by atoms with Crippen LogP contribution in [0, 0.1) is 0 Å². The Balaban J connectivity index is 0. The summed E-state index contributed by atoms with van der Waals surface area (Å²) in [6, 6.07) is 4.07. The summed E-state index contributed by atoms with van der Waals surface area (Å²) in [7, 11) is 2.47. The van der Waals surface area contributed by atoms with E-state index in [1.165, 1.54) is 25.3 Å². The minimum Gasteiger partial charge on any atom is -0.508 e. The van der Waals surface area contributed by atoms with Crippen molar-refractivity contribution in [3.63, 3.8) is 0 Å². The average molecular weight is 316 g/mol. The first-order valence-corrected chi connectivity index (χ1v) is 4.37. The molecule has 0 saturated carbocycles. The first kappa shape index (κ1) is 15.7. The summed E-state index contributed by atoms with van der Waals surface area (Å²) in [5.41, 5.74) is 0. The number of methoxy groups -OCH3 is 1. The number of aliphatic hydroxyl groups is 1. The number of hydrogen-bond donors (Lipinski definition) is 4. The van der Waals surface area contributed by atoms with Crippen LogP contribution in [0.25, 0.3) is 0 Å². The molecule has 0 spiro atoms. The molecule has 0 aliphatic heterocycles. The molecule has 0 aliphatic rings. The lowest BCUT2D eigenvalue weighted by molar-refractivity contribution is 0.398. The summed E-state index contributed by atoms with van der Waals surface area (Å²) in [5, 5.41) is 24.8. The number of aromatic hydroxyl groups is 2. The van der Waals surface area contributed by atoms with Crippen molar-refractivity contribution in [2.24, 2.45) is 0 Å². The summed E-state index contributed by atoms with van der Waals surface area (Å²) >= 11 is 1.15. The molecule has 1 aromatic carbocycles. The third kappa shape index (κ3) is 6.75. The Bertz CT molecular complexity index is 221.